The van der Waals surface area contributed by atoms with Crippen LogP contribution >= 0.6 is 23.2 Å². The highest BCUT2D eigenvalue weighted by Crippen LogP contribution is 2.34. The van der Waals surface area contributed by atoms with Gasteiger partial charge in [-0.15, -0.1) is 0 Å². The molecule has 2 nitrogen and oxygen atoms in total. The fraction of sp³-hybridized carbons (Fsp3) is 0.143. The first-order valence-electron chi connectivity index (χ1n) is 5.65. The van der Waals surface area contributed by atoms with Crippen molar-refractivity contribution in [2.24, 2.45) is 5.73 Å². The molecule has 2 rings (SSSR count). The van der Waals surface area contributed by atoms with Gasteiger partial charge in [0.2, 0.25) is 0 Å². The van der Waals surface area contributed by atoms with E-state index in [2.05, 4.69) is 0 Å². The fourth-order valence-electron chi connectivity index (χ4n) is 1.64. The van der Waals surface area contributed by atoms with Crippen molar-refractivity contribution in [2.45, 2.75) is 13.0 Å². The third-order valence-corrected chi connectivity index (χ3v) is 3.11. The van der Waals surface area contributed by atoms with Gasteiger partial charge >= 0.3 is 0 Å². The van der Waals surface area contributed by atoms with Crippen LogP contribution in [0.2, 0.25) is 10.0 Å². The number of rotatable bonds is 3. The van der Waals surface area contributed by atoms with E-state index in [1.54, 1.807) is 25.1 Å². The topological polar surface area (TPSA) is 35.2 Å². The predicted octanol–water partition coefficient (Wildman–Crippen LogP) is 4.94. The fourth-order valence-corrected chi connectivity index (χ4v) is 2.09. The average Bonchev–Trinajstić information content (AvgIpc) is 2.34. The lowest BCUT2D eigenvalue weighted by Gasteiger charge is -2.14. The molecule has 0 unspecified atom stereocenters. The minimum atomic E-state index is -0.359. The summed E-state index contributed by atoms with van der Waals surface area (Å²) in [5.74, 6) is 0.557. The van der Waals surface area contributed by atoms with Crippen molar-refractivity contribution >= 4 is 23.2 Å². The van der Waals surface area contributed by atoms with Crippen LogP contribution in [0.5, 0.6) is 11.5 Å². The number of hydrogen-bond donors (Lipinski definition) is 1. The van der Waals surface area contributed by atoms with Crippen molar-refractivity contribution in [3.63, 3.8) is 0 Å². The van der Waals surface area contributed by atoms with Crippen LogP contribution in [0.4, 0.5) is 4.39 Å². The van der Waals surface area contributed by atoms with E-state index in [0.29, 0.717) is 27.1 Å². The Morgan fingerprint density at radius 2 is 1.79 bits per heavy atom. The lowest BCUT2D eigenvalue weighted by molar-refractivity contribution is 0.469. The normalized spacial score (nSPS) is 12.3. The molecule has 1 atom stereocenters. The molecule has 0 saturated carbocycles. The van der Waals surface area contributed by atoms with Gasteiger partial charge in [-0.3, -0.25) is 0 Å². The van der Waals surface area contributed by atoms with Crippen molar-refractivity contribution in [3.05, 3.63) is 57.8 Å². The predicted molar refractivity (Wildman–Crippen MR) is 75.5 cm³/mol. The number of ether oxygens (including phenoxy) is 1. The average molecular weight is 300 g/mol. The van der Waals surface area contributed by atoms with Crippen molar-refractivity contribution < 1.29 is 9.13 Å². The van der Waals surface area contributed by atoms with E-state index in [1.807, 2.05) is 0 Å². The molecular formula is C14H12Cl2FNO. The van der Waals surface area contributed by atoms with Crippen LogP contribution in [-0.2, 0) is 0 Å². The van der Waals surface area contributed by atoms with Crippen molar-refractivity contribution in [1.82, 2.24) is 0 Å². The van der Waals surface area contributed by atoms with E-state index < -0.39 is 0 Å². The van der Waals surface area contributed by atoms with Gasteiger partial charge in [-0.2, -0.15) is 0 Å². The highest BCUT2D eigenvalue weighted by atomic mass is 35.5. The van der Waals surface area contributed by atoms with Crippen LogP contribution in [0, 0.1) is 5.82 Å². The van der Waals surface area contributed by atoms with E-state index >= 15 is 0 Å². The highest BCUT2D eigenvalue weighted by Gasteiger charge is 2.12. The summed E-state index contributed by atoms with van der Waals surface area (Å²) in [6, 6.07) is 8.73. The lowest BCUT2D eigenvalue weighted by Crippen LogP contribution is -2.07. The summed E-state index contributed by atoms with van der Waals surface area (Å²) in [4.78, 5) is 0. The molecule has 5 heteroatoms. The maximum Gasteiger partial charge on any atom is 0.146 e. The molecule has 0 bridgehead atoms. The molecule has 0 aliphatic rings. The molecule has 0 aromatic heterocycles. The van der Waals surface area contributed by atoms with E-state index in [4.69, 9.17) is 33.7 Å². The molecule has 0 spiro atoms. The monoisotopic (exact) mass is 299 g/mol. The second-order valence-electron chi connectivity index (χ2n) is 4.15. The molecule has 2 aromatic carbocycles. The Morgan fingerprint density at radius 1 is 1.11 bits per heavy atom. The van der Waals surface area contributed by atoms with Crippen LogP contribution in [-0.4, -0.2) is 0 Å². The van der Waals surface area contributed by atoms with Crippen LogP contribution in [0.3, 0.4) is 0 Å². The zero-order chi connectivity index (χ0) is 14.0. The number of halogens is 3. The third-order valence-electron chi connectivity index (χ3n) is 2.58. The van der Waals surface area contributed by atoms with Gasteiger partial charge in [-0.05, 0) is 43.3 Å². The van der Waals surface area contributed by atoms with Gasteiger partial charge in [0.05, 0.1) is 5.02 Å². The van der Waals surface area contributed by atoms with Crippen LogP contribution in [0.1, 0.15) is 18.5 Å². The molecule has 0 amide bonds. The zero-order valence-electron chi connectivity index (χ0n) is 10.2. The Balaban J connectivity index is 2.38. The Bertz CT molecular complexity index is 602. The standard InChI is InChI=1S/C14H12Cl2FNO/c1-8(18)11-7-10(17)3-5-13(11)19-14-4-2-9(15)6-12(14)16/h2-8H,18H2,1H3/t8-/m0/s1. The Morgan fingerprint density at radius 3 is 2.42 bits per heavy atom. The van der Waals surface area contributed by atoms with E-state index in [1.165, 1.54) is 18.2 Å². The zero-order valence-corrected chi connectivity index (χ0v) is 11.7. The van der Waals surface area contributed by atoms with E-state index in [-0.39, 0.29) is 11.9 Å². The molecule has 0 aliphatic heterocycles. The summed E-state index contributed by atoms with van der Waals surface area (Å²) in [6.45, 7) is 1.76. The van der Waals surface area contributed by atoms with Gasteiger partial charge in [-0.1, -0.05) is 23.2 Å². The molecule has 2 N–H and O–H groups in total. The molecule has 19 heavy (non-hydrogen) atoms. The van der Waals surface area contributed by atoms with Gasteiger partial charge in [-0.25, -0.2) is 4.39 Å². The number of benzene rings is 2. The molecule has 100 valence electrons. The van der Waals surface area contributed by atoms with E-state index in [9.17, 15) is 4.39 Å². The highest BCUT2D eigenvalue weighted by molar-refractivity contribution is 6.35. The summed E-state index contributed by atoms with van der Waals surface area (Å²) < 4.78 is 18.9. The van der Waals surface area contributed by atoms with Crippen LogP contribution < -0.4 is 10.5 Å². The van der Waals surface area contributed by atoms with Gasteiger partial charge in [0.15, 0.2) is 0 Å². The SMILES string of the molecule is C[C@H](N)c1cc(F)ccc1Oc1ccc(Cl)cc1Cl. The molecule has 0 aliphatic carbocycles. The van der Waals surface area contributed by atoms with Crippen molar-refractivity contribution in [3.8, 4) is 11.5 Å². The first-order chi connectivity index (χ1) is 8.97. The summed E-state index contributed by atoms with van der Waals surface area (Å²) in [5.41, 5.74) is 6.37. The molecule has 0 radical (unpaired) electrons. The maximum absolute atomic E-state index is 13.2. The minimum absolute atomic E-state index is 0.350. The van der Waals surface area contributed by atoms with Crippen molar-refractivity contribution in [1.29, 1.82) is 0 Å². The quantitative estimate of drug-likeness (QED) is 0.871. The van der Waals surface area contributed by atoms with Gasteiger partial charge in [0.1, 0.15) is 17.3 Å². The summed E-state index contributed by atoms with van der Waals surface area (Å²) in [5, 5.41) is 0.899. The van der Waals surface area contributed by atoms with Crippen molar-refractivity contribution in [2.75, 3.05) is 0 Å². The molecule has 2 aromatic rings. The summed E-state index contributed by atoms with van der Waals surface area (Å²) in [7, 11) is 0. The minimum Gasteiger partial charge on any atom is -0.455 e. The maximum atomic E-state index is 13.2. The number of nitrogens with two attached hydrogens (primary N) is 1. The first kappa shape index (κ1) is 14.1. The largest absolute Gasteiger partial charge is 0.455 e. The molecule has 0 fully saturated rings. The van der Waals surface area contributed by atoms with Gasteiger partial charge < -0.3 is 10.5 Å². The molecule has 0 saturated heterocycles. The summed E-state index contributed by atoms with van der Waals surface area (Å²) >= 11 is 11.8. The smallest absolute Gasteiger partial charge is 0.146 e. The second kappa shape index (κ2) is 5.78. The molecule has 0 heterocycles. The van der Waals surface area contributed by atoms with Gasteiger partial charge in [0, 0.05) is 16.6 Å². The Hall–Kier alpha value is -1.29. The first-order valence-corrected chi connectivity index (χ1v) is 6.41. The van der Waals surface area contributed by atoms with Gasteiger partial charge in [0.25, 0.3) is 0 Å². The van der Waals surface area contributed by atoms with E-state index in [0.717, 1.165) is 0 Å². The van der Waals surface area contributed by atoms with Crippen LogP contribution in [0.15, 0.2) is 36.4 Å². The number of hydrogen-bond acceptors (Lipinski definition) is 2. The van der Waals surface area contributed by atoms with Crippen LogP contribution in [0.25, 0.3) is 0 Å². The third kappa shape index (κ3) is 3.38. The second-order valence-corrected chi connectivity index (χ2v) is 4.99. The lowest BCUT2D eigenvalue weighted by atomic mass is 10.1. The Kier molecular flexibility index (Phi) is 4.30. The molecular weight excluding hydrogens is 288 g/mol. The Labute approximate surface area is 120 Å². The summed E-state index contributed by atoms with van der Waals surface area (Å²) in [6.07, 6.45) is 0.